The molecule has 0 bridgehead atoms. The molecule has 9 heavy (non-hydrogen) atoms. The zero-order valence-corrected chi connectivity index (χ0v) is 7.38. The van der Waals surface area contributed by atoms with Crippen molar-refractivity contribution >= 4 is 11.8 Å². The molecule has 52 valence electrons. The maximum Gasteiger partial charge on any atom is -0.00297 e. The lowest BCUT2D eigenvalue weighted by atomic mass is 10.4. The Kier molecular flexibility index (Phi) is 13.5. The van der Waals surface area contributed by atoms with Gasteiger partial charge in [0.25, 0.3) is 0 Å². The lowest BCUT2D eigenvalue weighted by Gasteiger charge is -1.80. The lowest BCUT2D eigenvalue weighted by molar-refractivity contribution is 1.42. The van der Waals surface area contributed by atoms with Crippen LogP contribution in [0.1, 0.15) is 20.8 Å². The number of terminal acetylenes is 1. The van der Waals surface area contributed by atoms with Crippen LogP contribution in [-0.4, -0.2) is 6.26 Å². The van der Waals surface area contributed by atoms with E-state index in [9.17, 15) is 0 Å². The van der Waals surface area contributed by atoms with E-state index in [0.29, 0.717) is 0 Å². The van der Waals surface area contributed by atoms with Crippen molar-refractivity contribution < 1.29 is 0 Å². The van der Waals surface area contributed by atoms with Gasteiger partial charge in [0.05, 0.1) is 0 Å². The van der Waals surface area contributed by atoms with Gasteiger partial charge in [0.15, 0.2) is 0 Å². The Morgan fingerprint density at radius 3 is 1.89 bits per heavy atom. The van der Waals surface area contributed by atoms with Gasteiger partial charge >= 0.3 is 0 Å². The van der Waals surface area contributed by atoms with Gasteiger partial charge in [-0.15, -0.1) is 24.1 Å². The summed E-state index contributed by atoms with van der Waals surface area (Å²) in [4.78, 5) is 0. The molecule has 0 aliphatic carbocycles. The quantitative estimate of drug-likeness (QED) is 0.507. The first kappa shape index (κ1) is 11.4. The predicted octanol–water partition coefficient (Wildman–Crippen LogP) is 2.91. The highest BCUT2D eigenvalue weighted by Crippen LogP contribution is 1.98. The Hall–Kier alpha value is -0.350. The molecule has 0 N–H and O–H groups in total. The molecule has 0 saturated carbocycles. The number of thioether (sulfide) groups is 1. The molecule has 0 aliphatic rings. The maximum absolute atomic E-state index is 4.60. The molecular formula is C8H14S. The third-order valence-corrected chi connectivity index (χ3v) is 1.06. The summed E-state index contributed by atoms with van der Waals surface area (Å²) in [5.41, 5.74) is 1.38. The fourth-order valence-corrected chi connectivity index (χ4v) is 0.707. The van der Waals surface area contributed by atoms with Gasteiger partial charge in [-0.2, -0.15) is 0 Å². The highest BCUT2D eigenvalue weighted by Gasteiger charge is 1.67. The van der Waals surface area contributed by atoms with E-state index in [0.717, 1.165) is 0 Å². The number of rotatable bonds is 1. The van der Waals surface area contributed by atoms with Gasteiger partial charge in [0.1, 0.15) is 0 Å². The van der Waals surface area contributed by atoms with Crippen LogP contribution in [0, 0.1) is 12.3 Å². The predicted molar refractivity (Wildman–Crippen MR) is 47.5 cm³/mol. The monoisotopic (exact) mass is 142 g/mol. The number of hydrogen-bond donors (Lipinski definition) is 0. The summed E-state index contributed by atoms with van der Waals surface area (Å²) >= 11 is 1.75. The van der Waals surface area contributed by atoms with E-state index in [1.165, 1.54) is 5.57 Å². The minimum atomic E-state index is 1.38. The minimum absolute atomic E-state index is 1.38. The molecule has 0 saturated heterocycles. The van der Waals surface area contributed by atoms with E-state index in [1.54, 1.807) is 18.7 Å². The van der Waals surface area contributed by atoms with Gasteiger partial charge in [0.2, 0.25) is 0 Å². The molecule has 1 heteroatoms. The normalized spacial score (nSPS) is 6.11. The first-order valence-electron chi connectivity index (χ1n) is 2.72. The molecule has 0 aromatic carbocycles. The number of allylic oxidation sites excluding steroid dienone is 1. The second-order valence-corrected chi connectivity index (χ2v) is 2.43. The van der Waals surface area contributed by atoms with Crippen molar-refractivity contribution in [2.75, 3.05) is 6.26 Å². The largest absolute Gasteiger partial charge is 0.138 e. The third-order valence-electron chi connectivity index (χ3n) is 0.354. The van der Waals surface area contributed by atoms with Crippen LogP contribution in [0.2, 0.25) is 0 Å². The number of hydrogen-bond acceptors (Lipinski definition) is 1. The lowest BCUT2D eigenvalue weighted by Crippen LogP contribution is -1.54. The van der Waals surface area contributed by atoms with Crippen LogP contribution in [0.4, 0.5) is 0 Å². The molecule has 0 aromatic heterocycles. The molecule has 0 unspecified atom stereocenters. The van der Waals surface area contributed by atoms with Crippen molar-refractivity contribution in [1.29, 1.82) is 0 Å². The summed E-state index contributed by atoms with van der Waals surface area (Å²) in [6.07, 6.45) is 6.66. The van der Waals surface area contributed by atoms with E-state index in [-0.39, 0.29) is 0 Å². The summed E-state index contributed by atoms with van der Waals surface area (Å²) in [6, 6.07) is 0. The summed E-state index contributed by atoms with van der Waals surface area (Å²) in [5.74, 6) is 2.25. The van der Waals surface area contributed by atoms with Crippen molar-refractivity contribution in [3.63, 3.8) is 0 Å². The molecule has 0 fully saturated rings. The van der Waals surface area contributed by atoms with Crippen LogP contribution < -0.4 is 0 Å². The minimum Gasteiger partial charge on any atom is -0.138 e. The van der Waals surface area contributed by atoms with Gasteiger partial charge in [-0.05, 0) is 32.4 Å². The summed E-state index contributed by atoms with van der Waals surface area (Å²) in [7, 11) is 0. The molecule has 0 amide bonds. The first-order valence-corrected chi connectivity index (χ1v) is 4.01. The van der Waals surface area contributed by atoms with Crippen molar-refractivity contribution in [2.45, 2.75) is 20.8 Å². The molecule has 0 atom stereocenters. The van der Waals surface area contributed by atoms with E-state index < -0.39 is 0 Å². The van der Waals surface area contributed by atoms with Gasteiger partial charge in [0, 0.05) is 0 Å². The van der Waals surface area contributed by atoms with Crippen molar-refractivity contribution in [3.8, 4) is 12.3 Å². The maximum atomic E-state index is 4.60. The molecule has 0 rings (SSSR count). The van der Waals surface area contributed by atoms with Crippen molar-refractivity contribution in [2.24, 2.45) is 0 Å². The van der Waals surface area contributed by atoms with Crippen LogP contribution in [0.25, 0.3) is 0 Å². The Bertz CT molecular complexity index is 102. The Morgan fingerprint density at radius 1 is 1.56 bits per heavy atom. The average Bonchev–Trinajstić information content (AvgIpc) is 1.67. The van der Waals surface area contributed by atoms with E-state index in [4.69, 9.17) is 0 Å². The SMILES string of the molecule is C#CC.CSC=C(C)C. The van der Waals surface area contributed by atoms with Crippen molar-refractivity contribution in [1.82, 2.24) is 0 Å². The second kappa shape index (κ2) is 10.6. The molecule has 0 aliphatic heterocycles. The van der Waals surface area contributed by atoms with Gasteiger partial charge < -0.3 is 0 Å². The molecule has 0 radical (unpaired) electrons. The Balaban J connectivity index is 0. The van der Waals surface area contributed by atoms with Crippen LogP contribution in [0.15, 0.2) is 11.0 Å². The fourth-order valence-electron chi connectivity index (χ4n) is 0.236. The highest BCUT2D eigenvalue weighted by molar-refractivity contribution is 8.01. The zero-order chi connectivity index (χ0) is 7.70. The zero-order valence-electron chi connectivity index (χ0n) is 6.56. The molecule has 0 spiro atoms. The van der Waals surface area contributed by atoms with Crippen LogP contribution in [-0.2, 0) is 0 Å². The second-order valence-electron chi connectivity index (χ2n) is 1.72. The van der Waals surface area contributed by atoms with Crippen LogP contribution >= 0.6 is 11.8 Å². The van der Waals surface area contributed by atoms with Crippen LogP contribution in [0.3, 0.4) is 0 Å². The molecule has 0 nitrogen and oxygen atoms in total. The highest BCUT2D eigenvalue weighted by atomic mass is 32.2. The van der Waals surface area contributed by atoms with Gasteiger partial charge in [-0.25, -0.2) is 0 Å². The smallest absolute Gasteiger partial charge is 0.00297 e. The molecular weight excluding hydrogens is 128 g/mol. The topological polar surface area (TPSA) is 0 Å². The average molecular weight is 142 g/mol. The van der Waals surface area contributed by atoms with Crippen molar-refractivity contribution in [3.05, 3.63) is 11.0 Å². The Labute approximate surface area is 62.7 Å². The van der Waals surface area contributed by atoms with E-state index in [2.05, 4.69) is 37.9 Å². The Morgan fingerprint density at radius 2 is 1.89 bits per heavy atom. The summed E-state index contributed by atoms with van der Waals surface area (Å²) in [6.45, 7) is 5.84. The molecule has 0 heterocycles. The standard InChI is InChI=1S/C5H10S.C3H4/c1-5(2)4-6-3;1-3-2/h4H,1-3H3;1H,2H3. The first-order chi connectivity index (χ1) is 4.18. The van der Waals surface area contributed by atoms with Crippen LogP contribution in [0.5, 0.6) is 0 Å². The van der Waals surface area contributed by atoms with Gasteiger partial charge in [-0.3, -0.25) is 0 Å². The van der Waals surface area contributed by atoms with Gasteiger partial charge in [-0.1, -0.05) is 5.57 Å². The van der Waals surface area contributed by atoms with E-state index >= 15 is 0 Å². The molecule has 0 aromatic rings. The summed E-state index contributed by atoms with van der Waals surface area (Å²) < 4.78 is 0. The summed E-state index contributed by atoms with van der Waals surface area (Å²) in [5, 5.41) is 2.12. The third kappa shape index (κ3) is 34.8. The van der Waals surface area contributed by atoms with E-state index in [1.807, 2.05) is 0 Å². The fraction of sp³-hybridized carbons (Fsp3) is 0.500.